The summed E-state index contributed by atoms with van der Waals surface area (Å²) in [7, 11) is 0. The van der Waals surface area contributed by atoms with Crippen LogP contribution in [-0.2, 0) is 22.2 Å². The molecule has 6 heteroatoms. The Kier molecular flexibility index (Phi) is 8.66. The number of amidine groups is 1. The van der Waals surface area contributed by atoms with Crippen molar-refractivity contribution in [1.82, 2.24) is 9.80 Å². The molecule has 3 aromatic carbocycles. The van der Waals surface area contributed by atoms with Gasteiger partial charge in [0.05, 0.1) is 0 Å². The summed E-state index contributed by atoms with van der Waals surface area (Å²) < 4.78 is 27.6. The van der Waals surface area contributed by atoms with Gasteiger partial charge in [-0.15, -0.1) is 0 Å². The summed E-state index contributed by atoms with van der Waals surface area (Å²) in [5, 5.41) is 0. The van der Waals surface area contributed by atoms with E-state index in [2.05, 4.69) is 56.9 Å². The van der Waals surface area contributed by atoms with Gasteiger partial charge >= 0.3 is 0 Å². The van der Waals surface area contributed by atoms with Crippen LogP contribution in [0.5, 0.6) is 0 Å². The molecule has 2 heterocycles. The molecule has 0 aliphatic carbocycles. The molecule has 1 amide bonds. The first-order valence-electron chi connectivity index (χ1n) is 15.2. The van der Waals surface area contributed by atoms with Crippen molar-refractivity contribution in [2.75, 3.05) is 26.2 Å². The van der Waals surface area contributed by atoms with Gasteiger partial charge in [0.15, 0.2) is 5.54 Å². The van der Waals surface area contributed by atoms with E-state index in [1.165, 1.54) is 35.4 Å². The van der Waals surface area contributed by atoms with Crippen LogP contribution in [0.15, 0.2) is 77.8 Å². The lowest BCUT2D eigenvalue weighted by molar-refractivity contribution is -0.130. The molecule has 0 bridgehead atoms. The molecule has 0 N–H and O–H groups in total. The Hall–Kier alpha value is -3.38. The molecule has 1 fully saturated rings. The third kappa shape index (κ3) is 6.34. The van der Waals surface area contributed by atoms with Crippen molar-refractivity contribution in [2.24, 2.45) is 16.8 Å². The normalized spacial score (nSPS) is 18.8. The number of hydrogen-bond donors (Lipinski definition) is 0. The maximum atomic E-state index is 14.2. The molecule has 1 atom stereocenters. The Morgan fingerprint density at radius 1 is 0.881 bits per heavy atom. The fraction of sp³-hybridized carbons (Fsp3) is 0.444. The Bertz CT molecular complexity index is 1350. The van der Waals surface area contributed by atoms with Gasteiger partial charge in [0, 0.05) is 13.1 Å². The number of likely N-dealkylation sites (tertiary alicyclic amines) is 1. The Morgan fingerprint density at radius 2 is 1.40 bits per heavy atom. The monoisotopic (exact) mass is 571 g/mol. The zero-order valence-corrected chi connectivity index (χ0v) is 25.5. The molecule has 0 saturated carbocycles. The standard InChI is InChI=1S/C36H43F2N3O/c1-25(22-27-6-8-29(9-7-27)35(3,4)5)23-40-20-18-28(19-21-40)24-41-26(2)39-36(34(41)42,30-10-14-32(37)15-11-30)31-12-16-33(38)17-13-31/h6-17,25,28H,18-24H2,1-5H3. The van der Waals surface area contributed by atoms with Crippen LogP contribution in [0.2, 0.25) is 0 Å². The molecule has 0 aromatic heterocycles. The maximum Gasteiger partial charge on any atom is 0.265 e. The lowest BCUT2D eigenvalue weighted by atomic mass is 9.82. The van der Waals surface area contributed by atoms with Gasteiger partial charge in [-0.3, -0.25) is 9.69 Å². The molecule has 2 aliphatic rings. The minimum absolute atomic E-state index is 0.160. The number of aliphatic imine (C=N–C) groups is 1. The van der Waals surface area contributed by atoms with Crippen molar-refractivity contribution in [2.45, 2.75) is 64.8 Å². The first-order valence-corrected chi connectivity index (χ1v) is 15.2. The van der Waals surface area contributed by atoms with Crippen molar-refractivity contribution < 1.29 is 13.6 Å². The third-order valence-electron chi connectivity index (χ3n) is 8.92. The van der Waals surface area contributed by atoms with E-state index in [9.17, 15) is 13.6 Å². The maximum absolute atomic E-state index is 14.2. The van der Waals surface area contributed by atoms with Crippen LogP contribution in [0.25, 0.3) is 0 Å². The highest BCUT2D eigenvalue weighted by molar-refractivity contribution is 6.09. The van der Waals surface area contributed by atoms with Crippen LogP contribution < -0.4 is 0 Å². The first-order chi connectivity index (χ1) is 20.0. The average molecular weight is 572 g/mol. The summed E-state index contributed by atoms with van der Waals surface area (Å²) in [4.78, 5) is 23.4. The SMILES string of the molecule is CC1=NC(c2ccc(F)cc2)(c2ccc(F)cc2)C(=O)N1CC1CCN(CC(C)Cc2ccc(C(C)(C)C)cc2)CC1. The smallest absolute Gasteiger partial charge is 0.265 e. The largest absolute Gasteiger partial charge is 0.303 e. The third-order valence-corrected chi connectivity index (χ3v) is 8.92. The fourth-order valence-corrected chi connectivity index (χ4v) is 6.49. The quantitative estimate of drug-likeness (QED) is 0.283. The van der Waals surface area contributed by atoms with Gasteiger partial charge in [0.25, 0.3) is 5.91 Å². The molecule has 1 unspecified atom stereocenters. The van der Waals surface area contributed by atoms with Crippen LogP contribution in [0.1, 0.15) is 69.7 Å². The van der Waals surface area contributed by atoms with E-state index in [-0.39, 0.29) is 23.0 Å². The van der Waals surface area contributed by atoms with E-state index in [1.807, 2.05) is 6.92 Å². The lowest BCUT2D eigenvalue weighted by Crippen LogP contribution is -2.45. The van der Waals surface area contributed by atoms with Crippen molar-refractivity contribution in [1.29, 1.82) is 0 Å². The molecular formula is C36H43F2N3O. The van der Waals surface area contributed by atoms with Gasteiger partial charge in [-0.25, -0.2) is 13.8 Å². The number of piperidine rings is 1. The van der Waals surface area contributed by atoms with E-state index in [4.69, 9.17) is 4.99 Å². The molecule has 0 spiro atoms. The number of benzene rings is 3. The van der Waals surface area contributed by atoms with Crippen molar-refractivity contribution >= 4 is 11.7 Å². The summed E-state index contributed by atoms with van der Waals surface area (Å²) in [5.74, 6) is 0.649. The van der Waals surface area contributed by atoms with Crippen molar-refractivity contribution in [3.63, 3.8) is 0 Å². The van der Waals surface area contributed by atoms with E-state index in [0.29, 0.717) is 35.3 Å². The molecule has 2 aliphatic heterocycles. The second-order valence-corrected chi connectivity index (χ2v) is 13.3. The highest BCUT2D eigenvalue weighted by atomic mass is 19.1. The topological polar surface area (TPSA) is 35.9 Å². The van der Waals surface area contributed by atoms with E-state index < -0.39 is 5.54 Å². The van der Waals surface area contributed by atoms with Crippen LogP contribution in [0.4, 0.5) is 8.78 Å². The molecule has 3 aromatic rings. The van der Waals surface area contributed by atoms with E-state index in [1.54, 1.807) is 29.2 Å². The number of hydrogen-bond acceptors (Lipinski definition) is 3. The summed E-state index contributed by atoms with van der Waals surface area (Å²) in [6, 6.07) is 20.9. The second-order valence-electron chi connectivity index (χ2n) is 13.3. The molecule has 222 valence electrons. The first kappa shape index (κ1) is 30.1. The number of halogens is 2. The summed E-state index contributed by atoms with van der Waals surface area (Å²) in [6.07, 6.45) is 3.10. The minimum Gasteiger partial charge on any atom is -0.303 e. The highest BCUT2D eigenvalue weighted by Crippen LogP contribution is 2.41. The van der Waals surface area contributed by atoms with Gasteiger partial charge in [-0.2, -0.15) is 0 Å². The molecular weight excluding hydrogens is 528 g/mol. The van der Waals surface area contributed by atoms with Gasteiger partial charge in [-0.05, 0) is 103 Å². The number of amides is 1. The lowest BCUT2D eigenvalue weighted by Gasteiger charge is -2.35. The minimum atomic E-state index is -1.34. The Morgan fingerprint density at radius 3 is 1.90 bits per heavy atom. The summed E-state index contributed by atoms with van der Waals surface area (Å²) in [6.45, 7) is 14.6. The fourth-order valence-electron chi connectivity index (χ4n) is 6.49. The number of carbonyl (C=O) groups is 1. The Labute approximate surface area is 249 Å². The predicted octanol–water partition coefficient (Wildman–Crippen LogP) is 7.36. The van der Waals surface area contributed by atoms with Crippen LogP contribution >= 0.6 is 0 Å². The zero-order chi connectivity index (χ0) is 30.1. The molecule has 42 heavy (non-hydrogen) atoms. The van der Waals surface area contributed by atoms with Crippen LogP contribution in [0, 0.1) is 23.5 Å². The molecule has 0 radical (unpaired) electrons. The Balaban J connectivity index is 1.21. The van der Waals surface area contributed by atoms with Gasteiger partial charge < -0.3 is 4.90 Å². The second kappa shape index (κ2) is 12.1. The molecule has 1 saturated heterocycles. The highest BCUT2D eigenvalue weighted by Gasteiger charge is 2.50. The predicted molar refractivity (Wildman–Crippen MR) is 166 cm³/mol. The number of carbonyl (C=O) groups excluding carboxylic acids is 1. The number of rotatable bonds is 8. The summed E-state index contributed by atoms with van der Waals surface area (Å²) in [5.41, 5.74) is 2.75. The summed E-state index contributed by atoms with van der Waals surface area (Å²) >= 11 is 0. The van der Waals surface area contributed by atoms with Gasteiger partial charge in [-0.1, -0.05) is 76.2 Å². The van der Waals surface area contributed by atoms with Crippen LogP contribution in [0.3, 0.4) is 0 Å². The van der Waals surface area contributed by atoms with Crippen molar-refractivity contribution in [3.8, 4) is 0 Å². The molecule has 4 nitrogen and oxygen atoms in total. The number of nitrogens with zero attached hydrogens (tertiary/aromatic N) is 3. The van der Waals surface area contributed by atoms with E-state index >= 15 is 0 Å². The molecule has 5 rings (SSSR count). The van der Waals surface area contributed by atoms with Crippen LogP contribution in [-0.4, -0.2) is 47.7 Å². The zero-order valence-electron chi connectivity index (χ0n) is 25.5. The van der Waals surface area contributed by atoms with Crippen molar-refractivity contribution in [3.05, 3.63) is 107 Å². The van der Waals surface area contributed by atoms with E-state index in [0.717, 1.165) is 38.9 Å². The van der Waals surface area contributed by atoms with Gasteiger partial charge in [0.2, 0.25) is 0 Å². The average Bonchev–Trinajstić information content (AvgIpc) is 3.20. The van der Waals surface area contributed by atoms with Gasteiger partial charge in [0.1, 0.15) is 17.5 Å².